The fraction of sp³-hybridized carbons (Fsp3) is 0.278. The summed E-state index contributed by atoms with van der Waals surface area (Å²) in [5.74, 6) is 0.0582. The summed E-state index contributed by atoms with van der Waals surface area (Å²) >= 11 is 0. The summed E-state index contributed by atoms with van der Waals surface area (Å²) in [5, 5.41) is 5.50. The molecule has 1 atom stereocenters. The predicted molar refractivity (Wildman–Crippen MR) is 94.5 cm³/mol. The SMILES string of the molecule is O=[PH](O)Oc1ccc(-c2nn(C3CCCC3)c3c(F)cccc23)cc1. The van der Waals surface area contributed by atoms with Crippen LogP contribution in [0.1, 0.15) is 31.7 Å². The summed E-state index contributed by atoms with van der Waals surface area (Å²) in [6.45, 7) is 0. The lowest BCUT2D eigenvalue weighted by Crippen LogP contribution is -2.07. The highest BCUT2D eigenvalue weighted by Crippen LogP contribution is 2.37. The van der Waals surface area contributed by atoms with Crippen molar-refractivity contribution in [2.75, 3.05) is 0 Å². The molecule has 4 rings (SSSR count). The van der Waals surface area contributed by atoms with Gasteiger partial charge in [-0.3, -0.25) is 4.68 Å². The van der Waals surface area contributed by atoms with E-state index >= 15 is 0 Å². The average molecular weight is 360 g/mol. The van der Waals surface area contributed by atoms with E-state index in [-0.39, 0.29) is 11.9 Å². The van der Waals surface area contributed by atoms with Gasteiger partial charge in [-0.2, -0.15) is 5.10 Å². The molecule has 0 saturated heterocycles. The Morgan fingerprint density at radius 2 is 1.88 bits per heavy atom. The zero-order chi connectivity index (χ0) is 17.4. The van der Waals surface area contributed by atoms with Gasteiger partial charge < -0.3 is 9.42 Å². The highest BCUT2D eigenvalue weighted by atomic mass is 31.1. The van der Waals surface area contributed by atoms with E-state index < -0.39 is 8.25 Å². The molecule has 3 aromatic rings. The minimum Gasteiger partial charge on any atom is -0.426 e. The number of nitrogens with zero attached hydrogens (tertiary/aromatic N) is 2. The van der Waals surface area contributed by atoms with Crippen molar-refractivity contribution >= 4 is 19.2 Å². The Hall–Kier alpha value is -2.17. The largest absolute Gasteiger partial charge is 0.426 e. The van der Waals surface area contributed by atoms with Crippen LogP contribution in [0.15, 0.2) is 42.5 Å². The molecule has 0 amide bonds. The van der Waals surface area contributed by atoms with Crippen LogP contribution >= 0.6 is 8.25 Å². The van der Waals surface area contributed by atoms with Crippen molar-refractivity contribution in [3.05, 3.63) is 48.3 Å². The summed E-state index contributed by atoms with van der Waals surface area (Å²) in [5.41, 5.74) is 2.08. The van der Waals surface area contributed by atoms with Crippen molar-refractivity contribution < 1.29 is 18.4 Å². The smallest absolute Gasteiger partial charge is 0.365 e. The van der Waals surface area contributed by atoms with Crippen molar-refractivity contribution in [3.8, 4) is 17.0 Å². The van der Waals surface area contributed by atoms with Crippen LogP contribution in [0.5, 0.6) is 5.75 Å². The van der Waals surface area contributed by atoms with Gasteiger partial charge in [0.1, 0.15) is 22.8 Å². The summed E-state index contributed by atoms with van der Waals surface area (Å²) in [7, 11) is -3.03. The molecule has 1 aromatic heterocycles. The first-order valence-electron chi connectivity index (χ1n) is 8.31. The summed E-state index contributed by atoms with van der Waals surface area (Å²) in [4.78, 5) is 8.86. The van der Waals surface area contributed by atoms with Crippen LogP contribution < -0.4 is 4.52 Å². The Morgan fingerprint density at radius 3 is 2.56 bits per heavy atom. The van der Waals surface area contributed by atoms with Gasteiger partial charge >= 0.3 is 8.25 Å². The molecule has 7 heteroatoms. The van der Waals surface area contributed by atoms with Gasteiger partial charge in [0.2, 0.25) is 0 Å². The molecule has 1 N–H and O–H groups in total. The maximum atomic E-state index is 14.5. The van der Waals surface area contributed by atoms with Crippen LogP contribution in [0.4, 0.5) is 4.39 Å². The molecule has 0 aliphatic heterocycles. The monoisotopic (exact) mass is 360 g/mol. The molecule has 1 aliphatic carbocycles. The number of fused-ring (bicyclic) bond motifs is 1. The van der Waals surface area contributed by atoms with Gasteiger partial charge in [-0.05, 0) is 43.2 Å². The van der Waals surface area contributed by atoms with Gasteiger partial charge in [-0.15, -0.1) is 0 Å². The first-order chi connectivity index (χ1) is 12.1. The van der Waals surface area contributed by atoms with Crippen molar-refractivity contribution in [1.82, 2.24) is 9.78 Å². The van der Waals surface area contributed by atoms with E-state index in [4.69, 9.17) is 14.5 Å². The Balaban J connectivity index is 1.82. The Bertz CT molecular complexity index is 933. The first-order valence-corrected chi connectivity index (χ1v) is 9.58. The zero-order valence-corrected chi connectivity index (χ0v) is 14.5. The number of para-hydroxylation sites is 1. The van der Waals surface area contributed by atoms with Crippen LogP contribution in [0.25, 0.3) is 22.2 Å². The van der Waals surface area contributed by atoms with Crippen molar-refractivity contribution in [2.45, 2.75) is 31.7 Å². The van der Waals surface area contributed by atoms with Gasteiger partial charge in [-0.1, -0.05) is 25.0 Å². The van der Waals surface area contributed by atoms with E-state index in [0.717, 1.165) is 36.6 Å². The number of aromatic nitrogens is 2. The van der Waals surface area contributed by atoms with E-state index in [1.165, 1.54) is 6.07 Å². The molecule has 0 radical (unpaired) electrons. The van der Waals surface area contributed by atoms with Gasteiger partial charge in [0.15, 0.2) is 0 Å². The van der Waals surface area contributed by atoms with Gasteiger partial charge in [0.05, 0.1) is 6.04 Å². The maximum Gasteiger partial charge on any atom is 0.365 e. The average Bonchev–Trinajstić information content (AvgIpc) is 3.23. The molecule has 130 valence electrons. The van der Waals surface area contributed by atoms with Crippen LogP contribution in [-0.4, -0.2) is 14.7 Å². The minimum absolute atomic E-state index is 0.232. The standard InChI is InChI=1S/C18H18FN2O3P/c19-16-7-3-6-15-17(12-8-10-14(11-9-12)24-25(22)23)20-21(18(15)16)13-4-1-2-5-13/h3,6-11,13,25H,1-2,4-5H2,(H,22,23). The number of benzene rings is 2. The van der Waals surface area contributed by atoms with E-state index in [2.05, 4.69) is 0 Å². The Morgan fingerprint density at radius 1 is 1.16 bits per heavy atom. The Labute approximate surface area is 145 Å². The second-order valence-electron chi connectivity index (χ2n) is 6.26. The number of rotatable bonds is 4. The minimum atomic E-state index is -3.03. The summed E-state index contributed by atoms with van der Waals surface area (Å²) in [6, 6.07) is 12.0. The van der Waals surface area contributed by atoms with Crippen LogP contribution in [0, 0.1) is 5.82 Å². The van der Waals surface area contributed by atoms with E-state index in [1.807, 2.05) is 10.7 Å². The van der Waals surface area contributed by atoms with Crippen molar-refractivity contribution in [3.63, 3.8) is 0 Å². The number of hydrogen-bond acceptors (Lipinski definition) is 3. The maximum absolute atomic E-state index is 14.5. The fourth-order valence-electron chi connectivity index (χ4n) is 3.56. The Kier molecular flexibility index (Phi) is 4.32. The second kappa shape index (κ2) is 6.62. The molecular formula is C18H18FN2O3P. The topological polar surface area (TPSA) is 64.3 Å². The third kappa shape index (κ3) is 3.08. The van der Waals surface area contributed by atoms with E-state index in [1.54, 1.807) is 30.3 Å². The molecule has 1 heterocycles. The van der Waals surface area contributed by atoms with Gasteiger partial charge in [0, 0.05) is 10.9 Å². The second-order valence-corrected chi connectivity index (χ2v) is 7.00. The molecule has 0 spiro atoms. The van der Waals surface area contributed by atoms with Crippen molar-refractivity contribution in [1.29, 1.82) is 0 Å². The lowest BCUT2D eigenvalue weighted by molar-refractivity contribution is 0.410. The van der Waals surface area contributed by atoms with Gasteiger partial charge in [-0.25, -0.2) is 8.96 Å². The third-order valence-electron chi connectivity index (χ3n) is 4.68. The lowest BCUT2D eigenvalue weighted by Gasteiger charge is -2.11. The third-order valence-corrected chi connectivity index (χ3v) is 5.09. The number of hydrogen-bond donors (Lipinski definition) is 1. The molecule has 0 bridgehead atoms. The van der Waals surface area contributed by atoms with Crippen LogP contribution in [0.3, 0.4) is 0 Å². The summed E-state index contributed by atoms with van der Waals surface area (Å²) in [6.07, 6.45) is 4.31. The number of halogens is 1. The normalized spacial score (nSPS) is 16.4. The zero-order valence-electron chi connectivity index (χ0n) is 13.5. The van der Waals surface area contributed by atoms with Crippen LogP contribution in [-0.2, 0) is 4.57 Å². The van der Waals surface area contributed by atoms with Crippen molar-refractivity contribution in [2.24, 2.45) is 0 Å². The van der Waals surface area contributed by atoms with E-state index in [0.29, 0.717) is 17.0 Å². The molecule has 1 saturated carbocycles. The first kappa shape index (κ1) is 16.3. The quantitative estimate of drug-likeness (QED) is 0.684. The summed E-state index contributed by atoms with van der Waals surface area (Å²) < 4.78 is 31.9. The van der Waals surface area contributed by atoms with Crippen LogP contribution in [0.2, 0.25) is 0 Å². The molecule has 1 fully saturated rings. The highest BCUT2D eigenvalue weighted by Gasteiger charge is 2.23. The molecular weight excluding hydrogens is 342 g/mol. The highest BCUT2D eigenvalue weighted by molar-refractivity contribution is 7.32. The van der Waals surface area contributed by atoms with Gasteiger partial charge in [0.25, 0.3) is 0 Å². The molecule has 5 nitrogen and oxygen atoms in total. The fourth-order valence-corrected chi connectivity index (χ4v) is 3.90. The predicted octanol–water partition coefficient (Wildman–Crippen LogP) is 4.72. The molecule has 1 aliphatic rings. The molecule has 25 heavy (non-hydrogen) atoms. The lowest BCUT2D eigenvalue weighted by atomic mass is 10.1. The molecule has 1 unspecified atom stereocenters. The molecule has 2 aromatic carbocycles. The van der Waals surface area contributed by atoms with E-state index in [9.17, 15) is 8.96 Å².